The summed E-state index contributed by atoms with van der Waals surface area (Å²) in [7, 11) is 0. The molecule has 2 aromatic carbocycles. The molecule has 0 spiro atoms. The highest BCUT2D eigenvalue weighted by atomic mass is 79.9. The number of aromatic nitrogens is 2. The fraction of sp³-hybridized carbons (Fsp3) is 0.300. The lowest BCUT2D eigenvalue weighted by Crippen LogP contribution is -2.39. The molecule has 0 atom stereocenters. The molecule has 0 saturated carbocycles. The number of carbonyl (C=O) groups is 1. The summed E-state index contributed by atoms with van der Waals surface area (Å²) in [6.45, 7) is 3.64. The third-order valence-corrected chi connectivity index (χ3v) is 5.51. The van der Waals surface area contributed by atoms with Gasteiger partial charge in [-0.15, -0.1) is 0 Å². The van der Waals surface area contributed by atoms with Crippen molar-refractivity contribution in [2.75, 3.05) is 13.1 Å². The van der Waals surface area contributed by atoms with Gasteiger partial charge in [-0.3, -0.25) is 4.79 Å². The van der Waals surface area contributed by atoms with Crippen molar-refractivity contribution in [2.24, 2.45) is 0 Å². The van der Waals surface area contributed by atoms with Gasteiger partial charge < -0.3 is 9.47 Å². The highest BCUT2D eigenvalue weighted by molar-refractivity contribution is 9.10. The van der Waals surface area contributed by atoms with Crippen LogP contribution in [0.25, 0.3) is 11.0 Å². The number of likely N-dealkylation sites (tertiary alicyclic amines) is 1. The lowest BCUT2D eigenvalue weighted by Gasteiger charge is -2.33. The summed E-state index contributed by atoms with van der Waals surface area (Å²) in [5, 5.41) is 0. The van der Waals surface area contributed by atoms with Crippen LogP contribution in [0.2, 0.25) is 0 Å². The average Bonchev–Trinajstić information content (AvgIpc) is 2.97. The zero-order chi connectivity index (χ0) is 17.4. The Morgan fingerprint density at radius 3 is 2.48 bits per heavy atom. The Kier molecular flexibility index (Phi) is 4.34. The summed E-state index contributed by atoms with van der Waals surface area (Å²) >= 11 is 3.41. The Balaban J connectivity index is 1.50. The minimum absolute atomic E-state index is 0.123. The molecule has 0 unspecified atom stereocenters. The third-order valence-electron chi connectivity index (χ3n) is 4.98. The van der Waals surface area contributed by atoms with Crippen LogP contribution in [0.3, 0.4) is 0 Å². The van der Waals surface area contributed by atoms with Crippen molar-refractivity contribution in [2.45, 2.75) is 25.8 Å². The minimum atomic E-state index is 0.123. The fourth-order valence-corrected chi connectivity index (χ4v) is 3.99. The highest BCUT2D eigenvalue weighted by Gasteiger charge is 2.26. The molecule has 1 aliphatic heterocycles. The van der Waals surface area contributed by atoms with E-state index in [-0.39, 0.29) is 5.91 Å². The average molecular weight is 398 g/mol. The van der Waals surface area contributed by atoms with Crippen LogP contribution < -0.4 is 0 Å². The van der Waals surface area contributed by atoms with Crippen LogP contribution in [-0.4, -0.2) is 33.4 Å². The van der Waals surface area contributed by atoms with Gasteiger partial charge in [-0.1, -0.05) is 28.1 Å². The second-order valence-corrected chi connectivity index (χ2v) is 7.46. The number of hydrogen-bond donors (Lipinski definition) is 0. The van der Waals surface area contributed by atoms with Crippen molar-refractivity contribution in [3.63, 3.8) is 0 Å². The van der Waals surface area contributed by atoms with Crippen molar-refractivity contribution < 1.29 is 4.79 Å². The summed E-state index contributed by atoms with van der Waals surface area (Å²) in [6.07, 6.45) is 1.92. The number of nitrogens with zero attached hydrogens (tertiary/aromatic N) is 3. The third kappa shape index (κ3) is 3.09. The Morgan fingerprint density at radius 1 is 1.08 bits per heavy atom. The van der Waals surface area contributed by atoms with Gasteiger partial charge in [-0.25, -0.2) is 4.98 Å². The van der Waals surface area contributed by atoms with Crippen LogP contribution in [0.5, 0.6) is 0 Å². The van der Waals surface area contributed by atoms with Crippen molar-refractivity contribution in [3.8, 4) is 0 Å². The maximum absolute atomic E-state index is 12.7. The molecule has 1 amide bonds. The van der Waals surface area contributed by atoms with Crippen LogP contribution in [0.1, 0.15) is 35.1 Å². The van der Waals surface area contributed by atoms with E-state index >= 15 is 0 Å². The largest absolute Gasteiger partial charge is 0.338 e. The SMILES string of the molecule is Cc1nc2ccccc2n1C1CCN(C(=O)c2ccc(Br)cc2)CC1. The number of para-hydroxylation sites is 2. The fourth-order valence-electron chi connectivity index (χ4n) is 3.73. The van der Waals surface area contributed by atoms with Crippen molar-refractivity contribution in [3.05, 3.63) is 64.4 Å². The van der Waals surface area contributed by atoms with E-state index in [4.69, 9.17) is 0 Å². The predicted molar refractivity (Wildman–Crippen MR) is 103 cm³/mol. The van der Waals surface area contributed by atoms with E-state index in [1.54, 1.807) is 0 Å². The lowest BCUT2D eigenvalue weighted by molar-refractivity contribution is 0.0695. The molecule has 25 heavy (non-hydrogen) atoms. The van der Waals surface area contributed by atoms with Gasteiger partial charge in [0.05, 0.1) is 11.0 Å². The van der Waals surface area contributed by atoms with Crippen LogP contribution in [0.4, 0.5) is 0 Å². The molecule has 0 aliphatic carbocycles. The van der Waals surface area contributed by atoms with E-state index in [1.807, 2.05) is 35.2 Å². The van der Waals surface area contributed by atoms with Crippen molar-refractivity contribution in [1.29, 1.82) is 0 Å². The zero-order valence-electron chi connectivity index (χ0n) is 14.2. The molecule has 1 aliphatic rings. The molecule has 0 N–H and O–H groups in total. The van der Waals surface area contributed by atoms with E-state index < -0.39 is 0 Å². The van der Waals surface area contributed by atoms with Gasteiger partial charge in [0.2, 0.25) is 0 Å². The number of carbonyl (C=O) groups excluding carboxylic acids is 1. The van der Waals surface area contributed by atoms with E-state index in [2.05, 4.69) is 50.6 Å². The topological polar surface area (TPSA) is 38.1 Å². The van der Waals surface area contributed by atoms with Gasteiger partial charge in [0.15, 0.2) is 0 Å². The van der Waals surface area contributed by atoms with Gasteiger partial charge >= 0.3 is 0 Å². The van der Waals surface area contributed by atoms with Crippen molar-refractivity contribution in [1.82, 2.24) is 14.5 Å². The molecule has 3 aromatic rings. The number of hydrogen-bond acceptors (Lipinski definition) is 2. The van der Waals surface area contributed by atoms with E-state index in [0.29, 0.717) is 6.04 Å². The van der Waals surface area contributed by atoms with Gasteiger partial charge in [-0.2, -0.15) is 0 Å². The van der Waals surface area contributed by atoms with Crippen LogP contribution in [0.15, 0.2) is 53.0 Å². The Hall–Kier alpha value is -2.14. The first-order chi connectivity index (χ1) is 12.1. The number of piperidine rings is 1. The second kappa shape index (κ2) is 6.64. The Bertz CT molecular complexity index is 908. The predicted octanol–water partition coefficient (Wildman–Crippen LogP) is 4.58. The minimum Gasteiger partial charge on any atom is -0.338 e. The van der Waals surface area contributed by atoms with Gasteiger partial charge in [-0.05, 0) is 56.2 Å². The lowest BCUT2D eigenvalue weighted by atomic mass is 10.0. The number of amides is 1. The standard InChI is InChI=1S/C20H20BrN3O/c1-14-22-18-4-2-3-5-19(18)24(14)17-10-12-23(13-11-17)20(25)15-6-8-16(21)9-7-15/h2-9,17H,10-13H2,1H3. The molecule has 0 radical (unpaired) electrons. The summed E-state index contributed by atoms with van der Waals surface area (Å²) in [5.74, 6) is 1.18. The highest BCUT2D eigenvalue weighted by Crippen LogP contribution is 2.29. The quantitative estimate of drug-likeness (QED) is 0.634. The normalized spacial score (nSPS) is 15.7. The maximum atomic E-state index is 12.7. The molecule has 5 heteroatoms. The van der Waals surface area contributed by atoms with E-state index in [9.17, 15) is 4.79 Å². The second-order valence-electron chi connectivity index (χ2n) is 6.55. The van der Waals surface area contributed by atoms with Crippen LogP contribution in [0, 0.1) is 6.92 Å². The summed E-state index contributed by atoms with van der Waals surface area (Å²) < 4.78 is 3.33. The van der Waals surface area contributed by atoms with Crippen molar-refractivity contribution >= 4 is 32.9 Å². The number of benzene rings is 2. The Morgan fingerprint density at radius 2 is 1.76 bits per heavy atom. The number of rotatable bonds is 2. The molecular weight excluding hydrogens is 378 g/mol. The number of fused-ring (bicyclic) bond motifs is 1. The van der Waals surface area contributed by atoms with Gasteiger partial charge in [0.25, 0.3) is 5.91 Å². The summed E-state index contributed by atoms with van der Waals surface area (Å²) in [4.78, 5) is 19.3. The van der Waals surface area contributed by atoms with Crippen LogP contribution >= 0.6 is 15.9 Å². The van der Waals surface area contributed by atoms with Crippen LogP contribution in [-0.2, 0) is 0 Å². The van der Waals surface area contributed by atoms with E-state index in [1.165, 1.54) is 5.52 Å². The van der Waals surface area contributed by atoms with E-state index in [0.717, 1.165) is 47.3 Å². The molecule has 4 nitrogen and oxygen atoms in total. The summed E-state index contributed by atoms with van der Waals surface area (Å²) in [5.41, 5.74) is 3.00. The molecule has 4 rings (SSSR count). The molecular formula is C20H20BrN3O. The first-order valence-corrected chi connectivity index (χ1v) is 9.41. The molecule has 128 valence electrons. The molecule has 1 aromatic heterocycles. The zero-order valence-corrected chi connectivity index (χ0v) is 15.7. The number of aryl methyl sites for hydroxylation is 1. The number of imidazole rings is 1. The molecule has 2 heterocycles. The monoisotopic (exact) mass is 397 g/mol. The smallest absolute Gasteiger partial charge is 0.253 e. The Labute approximate surface area is 155 Å². The molecule has 1 saturated heterocycles. The maximum Gasteiger partial charge on any atom is 0.253 e. The van der Waals surface area contributed by atoms with Gasteiger partial charge in [0, 0.05) is 29.2 Å². The number of halogens is 1. The first kappa shape index (κ1) is 16.3. The van der Waals surface area contributed by atoms with Gasteiger partial charge in [0.1, 0.15) is 5.82 Å². The molecule has 1 fully saturated rings. The summed E-state index contributed by atoms with van der Waals surface area (Å²) in [6, 6.07) is 16.3. The first-order valence-electron chi connectivity index (χ1n) is 8.62. The molecule has 0 bridgehead atoms.